The zero-order chi connectivity index (χ0) is 18.1. The van der Waals surface area contributed by atoms with Gasteiger partial charge in [0.2, 0.25) is 0 Å². The van der Waals surface area contributed by atoms with Gasteiger partial charge in [-0.25, -0.2) is 4.98 Å². The summed E-state index contributed by atoms with van der Waals surface area (Å²) in [5, 5.41) is 32.3. The summed E-state index contributed by atoms with van der Waals surface area (Å²) >= 11 is 0. The summed E-state index contributed by atoms with van der Waals surface area (Å²) < 4.78 is 0. The molecule has 0 aliphatic heterocycles. The highest BCUT2D eigenvalue weighted by atomic mass is 16.4. The molecule has 11 nitrogen and oxygen atoms in total. The molecule has 1 aromatic heterocycles. The first-order chi connectivity index (χ1) is 11.3. The van der Waals surface area contributed by atoms with Crippen LogP contribution in [0.15, 0.2) is 12.5 Å². The summed E-state index contributed by atoms with van der Waals surface area (Å²) in [6.45, 7) is -0.0762. The van der Waals surface area contributed by atoms with Crippen LogP contribution in [0.25, 0.3) is 0 Å². The minimum atomic E-state index is -1.18. The van der Waals surface area contributed by atoms with Crippen LogP contribution >= 0.6 is 0 Å². The van der Waals surface area contributed by atoms with Crippen molar-refractivity contribution in [2.75, 3.05) is 13.1 Å². The molecule has 0 aliphatic rings. The molecule has 0 aromatic carbocycles. The molecule has 0 unspecified atom stereocenters. The number of imidazole rings is 1. The molecule has 0 amide bonds. The highest BCUT2D eigenvalue weighted by Gasteiger charge is 2.23. The first-order valence-corrected chi connectivity index (χ1v) is 7.19. The normalized spacial score (nSPS) is 14.7. The molecule has 0 bridgehead atoms. The van der Waals surface area contributed by atoms with Crippen molar-refractivity contribution in [2.24, 2.45) is 5.73 Å². The summed E-state index contributed by atoms with van der Waals surface area (Å²) in [4.78, 5) is 39.6. The van der Waals surface area contributed by atoms with Crippen molar-refractivity contribution in [1.82, 2.24) is 20.6 Å². The molecule has 3 atom stereocenters. The molecule has 1 aromatic rings. The van der Waals surface area contributed by atoms with E-state index in [9.17, 15) is 19.5 Å². The Hall–Kier alpha value is -2.50. The second-order valence-electron chi connectivity index (χ2n) is 5.16. The maximum atomic E-state index is 11.2. The monoisotopic (exact) mass is 343 g/mol. The molecule has 11 heteroatoms. The van der Waals surface area contributed by atoms with Gasteiger partial charge in [0.05, 0.1) is 6.33 Å². The van der Waals surface area contributed by atoms with Gasteiger partial charge >= 0.3 is 17.9 Å². The third-order valence-corrected chi connectivity index (χ3v) is 3.31. The van der Waals surface area contributed by atoms with E-state index >= 15 is 0 Å². The molecule has 1 heterocycles. The minimum absolute atomic E-state index is 0.0512. The van der Waals surface area contributed by atoms with Gasteiger partial charge in [-0.1, -0.05) is 0 Å². The van der Waals surface area contributed by atoms with Crippen molar-refractivity contribution < 1.29 is 29.7 Å². The van der Waals surface area contributed by atoms with Crippen LogP contribution in [0, 0.1) is 0 Å². The van der Waals surface area contributed by atoms with Crippen LogP contribution in [-0.4, -0.2) is 74.4 Å². The largest absolute Gasteiger partial charge is 0.480 e. The topological polar surface area (TPSA) is 191 Å². The standard InChI is InChI=1S/C13H21N5O6/c14-8(11(19)20)1-2-16-10(13(23)24)5-17-9(12(21)22)3-7-4-15-6-18-7/h4,6,8-10,16-17H,1-3,5,14H2,(H,15,18)(H,19,20)(H,21,22)(H,23,24)/t8-,9-,10-/m0/s1. The Morgan fingerprint density at radius 3 is 2.29 bits per heavy atom. The van der Waals surface area contributed by atoms with E-state index < -0.39 is 36.0 Å². The van der Waals surface area contributed by atoms with Crippen molar-refractivity contribution in [3.63, 3.8) is 0 Å². The Morgan fingerprint density at radius 2 is 1.79 bits per heavy atom. The Labute approximate surface area is 137 Å². The highest BCUT2D eigenvalue weighted by Crippen LogP contribution is 1.99. The van der Waals surface area contributed by atoms with Gasteiger partial charge in [0.1, 0.15) is 18.1 Å². The zero-order valence-electron chi connectivity index (χ0n) is 12.8. The third kappa shape index (κ3) is 6.73. The summed E-state index contributed by atoms with van der Waals surface area (Å²) in [5.74, 6) is -3.48. The predicted molar refractivity (Wildman–Crippen MR) is 81.4 cm³/mol. The van der Waals surface area contributed by atoms with Crippen molar-refractivity contribution in [1.29, 1.82) is 0 Å². The summed E-state index contributed by atoms with van der Waals surface area (Å²) in [6, 6.07) is -3.16. The fraction of sp³-hybridized carbons (Fsp3) is 0.538. The Balaban J connectivity index is 2.49. The Kier molecular flexibility index (Phi) is 7.82. The van der Waals surface area contributed by atoms with Gasteiger partial charge in [-0.2, -0.15) is 0 Å². The maximum absolute atomic E-state index is 11.2. The third-order valence-electron chi connectivity index (χ3n) is 3.31. The number of rotatable bonds is 12. The van der Waals surface area contributed by atoms with Crippen molar-refractivity contribution in [3.05, 3.63) is 18.2 Å². The number of hydrogen-bond acceptors (Lipinski definition) is 7. The number of carbonyl (C=O) groups is 3. The summed E-state index contributed by atoms with van der Waals surface area (Å²) in [6.07, 6.45) is 3.07. The number of carboxylic acids is 3. The van der Waals surface area contributed by atoms with Gasteiger partial charge < -0.3 is 36.7 Å². The van der Waals surface area contributed by atoms with Crippen LogP contribution in [0.1, 0.15) is 12.1 Å². The zero-order valence-corrected chi connectivity index (χ0v) is 12.8. The molecule has 0 radical (unpaired) electrons. The van der Waals surface area contributed by atoms with Crippen LogP contribution in [0.4, 0.5) is 0 Å². The predicted octanol–water partition coefficient (Wildman–Crippen LogP) is -2.16. The molecule has 24 heavy (non-hydrogen) atoms. The molecule has 0 spiro atoms. The molecule has 0 fully saturated rings. The van der Waals surface area contributed by atoms with E-state index in [0.29, 0.717) is 5.69 Å². The number of nitrogens with one attached hydrogen (secondary N) is 3. The molecule has 0 aliphatic carbocycles. The van der Waals surface area contributed by atoms with Crippen molar-refractivity contribution in [3.8, 4) is 0 Å². The molecular formula is C13H21N5O6. The first kappa shape index (κ1) is 19.5. The number of aromatic nitrogens is 2. The van der Waals surface area contributed by atoms with Gasteiger partial charge in [0.15, 0.2) is 0 Å². The Morgan fingerprint density at radius 1 is 1.12 bits per heavy atom. The number of hydrogen-bond donors (Lipinski definition) is 7. The quantitative estimate of drug-likeness (QED) is 0.220. The SMILES string of the molecule is N[C@@H](CCN[C@@H](CN[C@@H](Cc1cnc[nH]1)C(=O)O)C(=O)O)C(=O)O. The molecule has 0 saturated carbocycles. The van der Waals surface area contributed by atoms with Crippen LogP contribution < -0.4 is 16.4 Å². The minimum Gasteiger partial charge on any atom is -0.480 e. The van der Waals surface area contributed by atoms with E-state index in [-0.39, 0.29) is 25.9 Å². The van der Waals surface area contributed by atoms with Gasteiger partial charge in [0, 0.05) is 24.9 Å². The number of nitrogens with two attached hydrogens (primary N) is 1. The fourth-order valence-corrected chi connectivity index (χ4v) is 1.91. The molecule has 0 saturated heterocycles. The summed E-state index contributed by atoms with van der Waals surface area (Å²) in [7, 11) is 0. The van der Waals surface area contributed by atoms with Gasteiger partial charge in [0.25, 0.3) is 0 Å². The lowest BCUT2D eigenvalue weighted by Gasteiger charge is -2.19. The van der Waals surface area contributed by atoms with Crippen LogP contribution in [0.5, 0.6) is 0 Å². The van der Waals surface area contributed by atoms with Crippen LogP contribution in [-0.2, 0) is 20.8 Å². The Bertz CT molecular complexity index is 549. The number of carboxylic acid groups (broad SMARTS) is 3. The van der Waals surface area contributed by atoms with Gasteiger partial charge in [-0.15, -0.1) is 0 Å². The van der Waals surface area contributed by atoms with E-state index in [1.807, 2.05) is 0 Å². The smallest absolute Gasteiger partial charge is 0.322 e. The summed E-state index contributed by atoms with van der Waals surface area (Å²) in [5.41, 5.74) is 5.93. The second kappa shape index (κ2) is 9.60. The van der Waals surface area contributed by atoms with Crippen LogP contribution in [0.3, 0.4) is 0 Å². The second-order valence-corrected chi connectivity index (χ2v) is 5.16. The molecule has 8 N–H and O–H groups in total. The molecule has 134 valence electrons. The van der Waals surface area contributed by atoms with Crippen molar-refractivity contribution in [2.45, 2.75) is 31.0 Å². The van der Waals surface area contributed by atoms with E-state index in [1.165, 1.54) is 12.5 Å². The average Bonchev–Trinajstić information content (AvgIpc) is 3.01. The first-order valence-electron chi connectivity index (χ1n) is 7.19. The highest BCUT2D eigenvalue weighted by molar-refractivity contribution is 5.75. The van der Waals surface area contributed by atoms with Crippen molar-refractivity contribution >= 4 is 17.9 Å². The number of H-pyrrole nitrogens is 1. The number of aromatic amines is 1. The van der Waals surface area contributed by atoms with E-state index in [4.69, 9.17) is 15.9 Å². The average molecular weight is 343 g/mol. The van der Waals surface area contributed by atoms with Gasteiger partial charge in [-0.05, 0) is 13.0 Å². The number of aliphatic carboxylic acids is 3. The molecular weight excluding hydrogens is 322 g/mol. The van der Waals surface area contributed by atoms with Crippen LogP contribution in [0.2, 0.25) is 0 Å². The lowest BCUT2D eigenvalue weighted by Crippen LogP contribution is -2.50. The molecule has 1 rings (SSSR count). The number of nitrogens with zero attached hydrogens (tertiary/aromatic N) is 1. The lowest BCUT2D eigenvalue weighted by molar-refractivity contribution is -0.142. The van der Waals surface area contributed by atoms with Gasteiger partial charge in [-0.3, -0.25) is 14.4 Å². The lowest BCUT2D eigenvalue weighted by atomic mass is 10.1. The fourth-order valence-electron chi connectivity index (χ4n) is 1.91. The maximum Gasteiger partial charge on any atom is 0.322 e. The van der Waals surface area contributed by atoms with E-state index in [1.54, 1.807) is 0 Å². The van der Waals surface area contributed by atoms with E-state index in [2.05, 4.69) is 20.6 Å². The van der Waals surface area contributed by atoms with E-state index in [0.717, 1.165) is 0 Å².